The van der Waals surface area contributed by atoms with Crippen molar-refractivity contribution >= 4 is 32.3 Å². The lowest BCUT2D eigenvalue weighted by molar-refractivity contribution is 1.08. The minimum atomic E-state index is 0.660. The molecule has 0 fully saturated rings. The first-order valence-corrected chi connectivity index (χ1v) is 15.4. The molecule has 0 aliphatic heterocycles. The quantitative estimate of drug-likeness (QED) is 0.209. The molecule has 8 rings (SSSR count). The Hall–Kier alpha value is -5.67. The molecule has 0 aliphatic carbocycles. The molecule has 3 heteroatoms. The molecule has 0 saturated heterocycles. The maximum atomic E-state index is 5.05. The smallest absolute Gasteiger partial charge is 0.164 e. The molecule has 45 heavy (non-hydrogen) atoms. The Kier molecular flexibility index (Phi) is 6.46. The van der Waals surface area contributed by atoms with E-state index in [1.54, 1.807) is 0 Å². The molecule has 0 aliphatic rings. The van der Waals surface area contributed by atoms with Crippen molar-refractivity contribution in [2.24, 2.45) is 0 Å². The van der Waals surface area contributed by atoms with E-state index in [4.69, 9.17) is 15.0 Å². The van der Waals surface area contributed by atoms with E-state index in [0.717, 1.165) is 32.8 Å². The zero-order chi connectivity index (χ0) is 30.5. The summed E-state index contributed by atoms with van der Waals surface area (Å²) in [5.41, 5.74) is 9.34. The second-order valence-electron chi connectivity index (χ2n) is 12.0. The van der Waals surface area contributed by atoms with E-state index in [1.165, 1.54) is 44.0 Å². The molecular formula is C42H31N3. The highest BCUT2D eigenvalue weighted by atomic mass is 15.0. The van der Waals surface area contributed by atoms with Crippen molar-refractivity contribution < 1.29 is 0 Å². The fourth-order valence-electron chi connectivity index (χ4n) is 6.60. The minimum Gasteiger partial charge on any atom is -0.208 e. The fraction of sp³-hybridized carbons (Fsp3) is 0.0714. The third-order valence-electron chi connectivity index (χ3n) is 8.71. The summed E-state index contributed by atoms with van der Waals surface area (Å²) in [6.45, 7) is 6.55. The predicted octanol–water partition coefficient (Wildman–Crippen LogP) is 10.9. The van der Waals surface area contributed by atoms with Gasteiger partial charge in [-0.05, 0) is 99.6 Å². The molecular weight excluding hydrogens is 546 g/mol. The average molecular weight is 578 g/mol. The van der Waals surface area contributed by atoms with Crippen LogP contribution in [0.2, 0.25) is 0 Å². The molecule has 0 amide bonds. The molecule has 214 valence electrons. The molecule has 1 aromatic heterocycles. The second-order valence-corrected chi connectivity index (χ2v) is 12.0. The SMILES string of the molecule is Cc1cc(C)c(-c2ccc3cc(-c4nc(-c5ccc6ccccc6c5)nc(-c5ccc6ccccc6c5)n4)ccc3c2)c(C)c1. The first-order valence-electron chi connectivity index (χ1n) is 15.4. The lowest BCUT2D eigenvalue weighted by atomic mass is 9.92. The third kappa shape index (κ3) is 5.03. The summed E-state index contributed by atoms with van der Waals surface area (Å²) in [7, 11) is 0. The number of benzene rings is 7. The summed E-state index contributed by atoms with van der Waals surface area (Å²) < 4.78 is 0. The van der Waals surface area contributed by atoms with Crippen molar-refractivity contribution in [3.63, 3.8) is 0 Å². The molecule has 8 aromatic rings. The van der Waals surface area contributed by atoms with Crippen molar-refractivity contribution in [2.75, 3.05) is 0 Å². The molecule has 0 spiro atoms. The van der Waals surface area contributed by atoms with Gasteiger partial charge in [0.2, 0.25) is 0 Å². The van der Waals surface area contributed by atoms with Crippen LogP contribution in [0.25, 0.3) is 77.6 Å². The van der Waals surface area contributed by atoms with E-state index in [0.29, 0.717) is 17.5 Å². The molecule has 0 bridgehead atoms. The predicted molar refractivity (Wildman–Crippen MR) is 188 cm³/mol. The van der Waals surface area contributed by atoms with Crippen molar-refractivity contribution in [1.29, 1.82) is 0 Å². The second kappa shape index (κ2) is 10.8. The summed E-state index contributed by atoms with van der Waals surface area (Å²) in [6, 6.07) is 47.3. The molecule has 0 N–H and O–H groups in total. The van der Waals surface area contributed by atoms with E-state index < -0.39 is 0 Å². The van der Waals surface area contributed by atoms with Crippen LogP contribution in [-0.4, -0.2) is 15.0 Å². The Morgan fingerprint density at radius 2 is 0.667 bits per heavy atom. The van der Waals surface area contributed by atoms with Gasteiger partial charge in [0.15, 0.2) is 17.5 Å². The fourth-order valence-corrected chi connectivity index (χ4v) is 6.60. The van der Waals surface area contributed by atoms with E-state index in [2.05, 4.69) is 154 Å². The van der Waals surface area contributed by atoms with Gasteiger partial charge in [-0.1, -0.05) is 115 Å². The maximum Gasteiger partial charge on any atom is 0.164 e. The topological polar surface area (TPSA) is 38.7 Å². The maximum absolute atomic E-state index is 5.05. The first kappa shape index (κ1) is 26.9. The van der Waals surface area contributed by atoms with Crippen molar-refractivity contribution in [3.05, 3.63) is 150 Å². The zero-order valence-corrected chi connectivity index (χ0v) is 25.5. The van der Waals surface area contributed by atoms with Crippen molar-refractivity contribution in [3.8, 4) is 45.3 Å². The van der Waals surface area contributed by atoms with E-state index in [9.17, 15) is 0 Å². The van der Waals surface area contributed by atoms with Crippen LogP contribution in [0.3, 0.4) is 0 Å². The van der Waals surface area contributed by atoms with Crippen LogP contribution in [0.5, 0.6) is 0 Å². The molecule has 0 radical (unpaired) electrons. The number of hydrogen-bond acceptors (Lipinski definition) is 3. The normalized spacial score (nSPS) is 11.4. The highest BCUT2D eigenvalue weighted by molar-refractivity contribution is 5.92. The van der Waals surface area contributed by atoms with Gasteiger partial charge in [0.05, 0.1) is 0 Å². The van der Waals surface area contributed by atoms with Crippen LogP contribution in [0.1, 0.15) is 16.7 Å². The van der Waals surface area contributed by atoms with Gasteiger partial charge in [-0.2, -0.15) is 0 Å². The Labute approximate surface area is 262 Å². The number of hydrogen-bond donors (Lipinski definition) is 0. The lowest BCUT2D eigenvalue weighted by Gasteiger charge is -2.13. The summed E-state index contributed by atoms with van der Waals surface area (Å²) >= 11 is 0. The van der Waals surface area contributed by atoms with Crippen LogP contribution in [0.4, 0.5) is 0 Å². The van der Waals surface area contributed by atoms with E-state index in [1.807, 2.05) is 0 Å². The van der Waals surface area contributed by atoms with E-state index >= 15 is 0 Å². The zero-order valence-electron chi connectivity index (χ0n) is 25.5. The van der Waals surface area contributed by atoms with Crippen LogP contribution >= 0.6 is 0 Å². The first-order chi connectivity index (χ1) is 22.0. The molecule has 0 unspecified atom stereocenters. The van der Waals surface area contributed by atoms with Gasteiger partial charge in [0.1, 0.15) is 0 Å². The van der Waals surface area contributed by atoms with Gasteiger partial charge in [-0.15, -0.1) is 0 Å². The summed E-state index contributed by atoms with van der Waals surface area (Å²) in [5, 5.41) is 7.03. The molecule has 0 atom stereocenters. The number of aromatic nitrogens is 3. The highest BCUT2D eigenvalue weighted by Crippen LogP contribution is 2.33. The number of nitrogens with zero attached hydrogens (tertiary/aromatic N) is 3. The molecule has 7 aromatic carbocycles. The Morgan fingerprint density at radius 3 is 1.11 bits per heavy atom. The summed E-state index contributed by atoms with van der Waals surface area (Å²) in [4.78, 5) is 15.1. The summed E-state index contributed by atoms with van der Waals surface area (Å²) in [5.74, 6) is 1.98. The standard InChI is InChI=1S/C42H31N3/c1-26-20-27(2)39(28(3)21-26)35-16-14-34-25-38(19-15-33(34)22-35)42-44-40(36-17-12-29-8-4-6-10-31(29)23-36)43-41(45-42)37-18-13-30-9-5-7-11-32(30)24-37/h4-25H,1-3H3. The Balaban J connectivity index is 1.27. The molecule has 3 nitrogen and oxygen atoms in total. The molecule has 0 saturated carbocycles. The van der Waals surface area contributed by atoms with Gasteiger partial charge in [0, 0.05) is 16.7 Å². The van der Waals surface area contributed by atoms with Crippen LogP contribution < -0.4 is 0 Å². The largest absolute Gasteiger partial charge is 0.208 e. The number of fused-ring (bicyclic) bond motifs is 3. The highest BCUT2D eigenvalue weighted by Gasteiger charge is 2.14. The number of aryl methyl sites for hydroxylation is 3. The number of rotatable bonds is 4. The third-order valence-corrected chi connectivity index (χ3v) is 8.71. The lowest BCUT2D eigenvalue weighted by Crippen LogP contribution is -2.00. The van der Waals surface area contributed by atoms with Crippen LogP contribution in [0.15, 0.2) is 133 Å². The van der Waals surface area contributed by atoms with Gasteiger partial charge >= 0.3 is 0 Å². The van der Waals surface area contributed by atoms with Crippen LogP contribution in [-0.2, 0) is 0 Å². The van der Waals surface area contributed by atoms with Gasteiger partial charge in [-0.25, -0.2) is 15.0 Å². The van der Waals surface area contributed by atoms with Gasteiger partial charge in [-0.3, -0.25) is 0 Å². The van der Waals surface area contributed by atoms with Gasteiger partial charge < -0.3 is 0 Å². The monoisotopic (exact) mass is 577 g/mol. The Morgan fingerprint density at radius 1 is 0.333 bits per heavy atom. The van der Waals surface area contributed by atoms with Crippen LogP contribution in [0, 0.1) is 20.8 Å². The molecule has 1 heterocycles. The summed E-state index contributed by atoms with van der Waals surface area (Å²) in [6.07, 6.45) is 0. The Bertz CT molecular complexity index is 2300. The van der Waals surface area contributed by atoms with E-state index in [-0.39, 0.29) is 0 Å². The van der Waals surface area contributed by atoms with Gasteiger partial charge in [0.25, 0.3) is 0 Å². The average Bonchev–Trinajstić information content (AvgIpc) is 3.07. The van der Waals surface area contributed by atoms with Crippen molar-refractivity contribution in [1.82, 2.24) is 15.0 Å². The minimum absolute atomic E-state index is 0.660. The van der Waals surface area contributed by atoms with Crippen molar-refractivity contribution in [2.45, 2.75) is 20.8 Å².